The molecule has 2 aliphatic rings. The Morgan fingerprint density at radius 1 is 1.22 bits per heavy atom. The number of likely N-dealkylation sites (tertiary alicyclic amines) is 1. The van der Waals surface area contributed by atoms with Gasteiger partial charge in [0.2, 0.25) is 5.91 Å². The molecule has 3 aromatic rings. The van der Waals surface area contributed by atoms with Crippen LogP contribution in [0.2, 0.25) is 0 Å². The zero-order chi connectivity index (χ0) is 22.1. The second-order valence-electron chi connectivity index (χ2n) is 8.54. The fourth-order valence-electron chi connectivity index (χ4n) is 4.43. The van der Waals surface area contributed by atoms with Crippen molar-refractivity contribution in [2.75, 3.05) is 32.1 Å². The van der Waals surface area contributed by atoms with Crippen LogP contribution in [0, 0.1) is 0 Å². The molecule has 32 heavy (non-hydrogen) atoms. The third-order valence-electron chi connectivity index (χ3n) is 6.21. The maximum Gasteiger partial charge on any atom is 0.237 e. The second-order valence-corrected chi connectivity index (χ2v) is 9.48. The number of fused-ring (bicyclic) bond motifs is 3. The molecule has 1 amide bonds. The number of hydrogen-bond donors (Lipinski definition) is 2. The number of nitrogens with one attached hydrogen (secondary N) is 2. The van der Waals surface area contributed by atoms with Crippen molar-refractivity contribution in [3.05, 3.63) is 43.1 Å². The molecule has 8 nitrogen and oxygen atoms in total. The van der Waals surface area contributed by atoms with E-state index in [0.29, 0.717) is 13.2 Å². The van der Waals surface area contributed by atoms with Gasteiger partial charge in [-0.3, -0.25) is 14.7 Å². The van der Waals surface area contributed by atoms with E-state index in [1.165, 1.54) is 6.33 Å². The number of carbonyl (C=O) groups is 1. The van der Waals surface area contributed by atoms with Gasteiger partial charge in [0.25, 0.3) is 0 Å². The monoisotopic (exact) mass is 450 g/mol. The number of carbonyl (C=O) groups excluding carboxylic acids is 1. The highest BCUT2D eigenvalue weighted by Gasteiger charge is 2.31. The average molecular weight is 450 g/mol. The topological polar surface area (TPSA) is 92.3 Å². The van der Waals surface area contributed by atoms with Crippen LogP contribution in [0.3, 0.4) is 0 Å². The SMILES string of the molecule is CN1CC[C@H]2C[C@H]1C(=O)NCC(P)COc1c(-c3cncnc3)ccc3ncc(cc13)N2. The summed E-state index contributed by atoms with van der Waals surface area (Å²) in [7, 11) is 4.80. The van der Waals surface area contributed by atoms with Crippen LogP contribution in [-0.4, -0.2) is 70.2 Å². The molecule has 4 heterocycles. The van der Waals surface area contributed by atoms with Gasteiger partial charge in [-0.25, -0.2) is 9.97 Å². The van der Waals surface area contributed by atoms with Crippen molar-refractivity contribution in [2.24, 2.45) is 0 Å². The van der Waals surface area contributed by atoms with Crippen molar-refractivity contribution in [1.29, 1.82) is 0 Å². The largest absolute Gasteiger partial charge is 0.492 e. The molecular formula is C23H27N6O2P. The molecule has 0 aliphatic carbocycles. The van der Waals surface area contributed by atoms with E-state index in [1.54, 1.807) is 12.4 Å². The first-order chi connectivity index (χ1) is 15.6. The molecule has 0 saturated carbocycles. The van der Waals surface area contributed by atoms with Gasteiger partial charge in [0, 0.05) is 53.7 Å². The zero-order valence-corrected chi connectivity index (χ0v) is 19.1. The number of pyridine rings is 1. The van der Waals surface area contributed by atoms with E-state index in [-0.39, 0.29) is 23.6 Å². The summed E-state index contributed by atoms with van der Waals surface area (Å²) >= 11 is 0. The Labute approximate surface area is 189 Å². The number of likely N-dealkylation sites (N-methyl/N-ethyl adjacent to an activating group) is 1. The standard InChI is InChI=1S/C23H27N6O2P/c1-29-5-4-15-7-21(29)23(30)27-11-17(32)12-31-22-18(14-8-24-13-25-9-14)2-3-20-19(22)6-16(28-15)10-26-20/h2-3,6,8-10,13,15,17,21,28H,4-5,7,11-12,32H2,1H3,(H,27,30)/t15-,17?,21-/m0/s1. The predicted octanol–water partition coefficient (Wildman–Crippen LogP) is 2.32. The van der Waals surface area contributed by atoms with Gasteiger partial charge >= 0.3 is 0 Å². The fraction of sp³-hybridized carbons (Fsp3) is 0.391. The van der Waals surface area contributed by atoms with Gasteiger partial charge in [0.05, 0.1) is 30.0 Å². The van der Waals surface area contributed by atoms with Gasteiger partial charge in [0.1, 0.15) is 12.1 Å². The highest BCUT2D eigenvalue weighted by molar-refractivity contribution is 7.17. The van der Waals surface area contributed by atoms with Crippen LogP contribution >= 0.6 is 9.24 Å². The normalized spacial score (nSPS) is 24.3. The van der Waals surface area contributed by atoms with Crippen LogP contribution in [0.15, 0.2) is 43.1 Å². The van der Waals surface area contributed by atoms with Crippen LogP contribution in [0.4, 0.5) is 5.69 Å². The molecule has 2 unspecified atom stereocenters. The highest BCUT2D eigenvalue weighted by atomic mass is 31.0. The molecule has 4 bridgehead atoms. The second kappa shape index (κ2) is 8.96. The van der Waals surface area contributed by atoms with E-state index in [2.05, 4.69) is 45.8 Å². The molecule has 4 atom stereocenters. The Balaban J connectivity index is 1.59. The number of benzene rings is 1. The van der Waals surface area contributed by atoms with E-state index in [1.807, 2.05) is 25.4 Å². The lowest BCUT2D eigenvalue weighted by molar-refractivity contribution is -0.127. The molecule has 0 spiro atoms. The smallest absolute Gasteiger partial charge is 0.237 e. The fourth-order valence-corrected chi connectivity index (χ4v) is 4.64. The Morgan fingerprint density at radius 2 is 2.06 bits per heavy atom. The van der Waals surface area contributed by atoms with Crippen LogP contribution in [0.25, 0.3) is 22.0 Å². The van der Waals surface area contributed by atoms with Crippen molar-refractivity contribution < 1.29 is 9.53 Å². The summed E-state index contributed by atoms with van der Waals surface area (Å²) in [6.45, 7) is 1.84. The van der Waals surface area contributed by atoms with E-state index in [0.717, 1.165) is 52.9 Å². The van der Waals surface area contributed by atoms with Gasteiger partial charge in [-0.2, -0.15) is 0 Å². The van der Waals surface area contributed by atoms with Crippen LogP contribution in [0.1, 0.15) is 12.8 Å². The number of ether oxygens (including phenoxy) is 1. The lowest BCUT2D eigenvalue weighted by Gasteiger charge is -2.37. The van der Waals surface area contributed by atoms with Crippen molar-refractivity contribution in [2.45, 2.75) is 30.6 Å². The summed E-state index contributed by atoms with van der Waals surface area (Å²) in [6, 6.07) is 6.16. The van der Waals surface area contributed by atoms with Gasteiger partial charge in [-0.05, 0) is 38.1 Å². The van der Waals surface area contributed by atoms with Crippen LogP contribution in [-0.2, 0) is 4.79 Å². The van der Waals surface area contributed by atoms with Gasteiger partial charge in [-0.15, -0.1) is 9.24 Å². The number of nitrogens with zero attached hydrogens (tertiary/aromatic N) is 4. The number of piperidine rings is 1. The van der Waals surface area contributed by atoms with E-state index < -0.39 is 0 Å². The predicted molar refractivity (Wildman–Crippen MR) is 128 cm³/mol. The molecule has 2 aromatic heterocycles. The van der Waals surface area contributed by atoms with Crippen molar-refractivity contribution in [1.82, 2.24) is 25.2 Å². The first-order valence-corrected chi connectivity index (χ1v) is 11.6. The maximum atomic E-state index is 12.9. The van der Waals surface area contributed by atoms with Crippen molar-refractivity contribution in [3.63, 3.8) is 0 Å². The number of rotatable bonds is 1. The molecule has 1 saturated heterocycles. The molecular weight excluding hydrogens is 423 g/mol. The minimum absolute atomic E-state index is 0.0657. The quantitative estimate of drug-likeness (QED) is 0.550. The highest BCUT2D eigenvalue weighted by Crippen LogP contribution is 2.37. The van der Waals surface area contributed by atoms with Crippen molar-refractivity contribution >= 4 is 31.7 Å². The number of anilines is 1. The molecule has 2 aliphatic heterocycles. The number of hydrogen-bond acceptors (Lipinski definition) is 7. The first-order valence-electron chi connectivity index (χ1n) is 10.9. The summed E-state index contributed by atoms with van der Waals surface area (Å²) < 4.78 is 6.36. The first kappa shape index (κ1) is 21.0. The van der Waals surface area contributed by atoms with E-state index in [4.69, 9.17) is 4.74 Å². The summed E-state index contributed by atoms with van der Waals surface area (Å²) in [6.07, 6.45) is 8.67. The Hall–Kier alpha value is -2.83. The summed E-state index contributed by atoms with van der Waals surface area (Å²) in [5, 5.41) is 7.66. The average Bonchev–Trinajstić information content (AvgIpc) is 2.82. The number of amides is 1. The molecule has 9 heteroatoms. The van der Waals surface area contributed by atoms with Crippen molar-refractivity contribution in [3.8, 4) is 16.9 Å². The minimum Gasteiger partial charge on any atom is -0.492 e. The molecule has 1 aromatic carbocycles. The van der Waals surface area contributed by atoms with Gasteiger partial charge < -0.3 is 15.4 Å². The summed E-state index contributed by atoms with van der Waals surface area (Å²) in [5.41, 5.74) is 3.67. The zero-order valence-electron chi connectivity index (χ0n) is 18.0. The molecule has 166 valence electrons. The van der Waals surface area contributed by atoms with Gasteiger partial charge in [0.15, 0.2) is 0 Å². The minimum atomic E-state index is -0.143. The van der Waals surface area contributed by atoms with Gasteiger partial charge in [-0.1, -0.05) is 0 Å². The van der Waals surface area contributed by atoms with E-state index in [9.17, 15) is 4.79 Å². The summed E-state index contributed by atoms with van der Waals surface area (Å²) in [4.78, 5) is 28.0. The third-order valence-corrected chi connectivity index (χ3v) is 6.64. The Kier molecular flexibility index (Phi) is 5.89. The lowest BCUT2D eigenvalue weighted by atomic mass is 9.96. The van der Waals surface area contributed by atoms with Crippen LogP contribution in [0.5, 0.6) is 5.75 Å². The summed E-state index contributed by atoms with van der Waals surface area (Å²) in [5.74, 6) is 0.824. The Bertz CT molecular complexity index is 1130. The number of aromatic nitrogens is 3. The molecule has 0 radical (unpaired) electrons. The molecule has 5 rings (SSSR count). The maximum absolute atomic E-state index is 12.9. The third kappa shape index (κ3) is 4.25. The van der Waals surface area contributed by atoms with Crippen LogP contribution < -0.4 is 15.4 Å². The lowest BCUT2D eigenvalue weighted by Crippen LogP contribution is -2.53. The van der Waals surface area contributed by atoms with E-state index >= 15 is 0 Å². The molecule has 2 N–H and O–H groups in total. The Morgan fingerprint density at radius 3 is 2.91 bits per heavy atom. The molecule has 1 fully saturated rings.